The van der Waals surface area contributed by atoms with Gasteiger partial charge in [0, 0.05) is 6.42 Å². The van der Waals surface area contributed by atoms with Crippen molar-refractivity contribution >= 4 is 0 Å². The van der Waals surface area contributed by atoms with Crippen molar-refractivity contribution in [2.45, 2.75) is 180 Å². The van der Waals surface area contributed by atoms with Crippen molar-refractivity contribution in [3.05, 3.63) is 29.8 Å². The van der Waals surface area contributed by atoms with Gasteiger partial charge < -0.3 is 14.9 Å². The first-order valence-electron chi connectivity index (χ1n) is 16.7. The third-order valence-electron chi connectivity index (χ3n) is 7.97. The van der Waals surface area contributed by atoms with Crippen molar-refractivity contribution in [2.24, 2.45) is 0 Å². The van der Waals surface area contributed by atoms with Crippen LogP contribution in [0.2, 0.25) is 0 Å². The Morgan fingerprint density at radius 2 is 0.895 bits per heavy atom. The standard InChI is InChI=1S/C35H64O3/c1-3-5-7-9-11-12-13-14-15-16-17-18-19-21-23-25-31-35(37,32-36)38-34-29-27-33(28-30-34)26-24-22-20-10-8-6-4-2/h27-30,36-37H,3-26,31-32H2,1-2H3. The summed E-state index contributed by atoms with van der Waals surface area (Å²) in [7, 11) is 0. The van der Waals surface area contributed by atoms with E-state index in [0.29, 0.717) is 12.2 Å². The normalized spacial score (nSPS) is 13.1. The van der Waals surface area contributed by atoms with Crippen LogP contribution in [0.3, 0.4) is 0 Å². The summed E-state index contributed by atoms with van der Waals surface area (Å²) in [5.74, 6) is -0.836. The number of rotatable bonds is 28. The lowest BCUT2D eigenvalue weighted by molar-refractivity contribution is -0.170. The predicted molar refractivity (Wildman–Crippen MR) is 165 cm³/mol. The van der Waals surface area contributed by atoms with Gasteiger partial charge in [0.25, 0.3) is 0 Å². The minimum absolute atomic E-state index is 0.370. The van der Waals surface area contributed by atoms with Crippen LogP contribution in [0, 0.1) is 0 Å². The van der Waals surface area contributed by atoms with Crippen molar-refractivity contribution < 1.29 is 14.9 Å². The Bertz CT molecular complexity index is 614. The molecule has 0 aliphatic rings. The largest absolute Gasteiger partial charge is 0.460 e. The second-order valence-electron chi connectivity index (χ2n) is 11.8. The van der Waals surface area contributed by atoms with Crippen LogP contribution in [0.1, 0.15) is 174 Å². The average molecular weight is 533 g/mol. The van der Waals surface area contributed by atoms with Crippen molar-refractivity contribution in [3.63, 3.8) is 0 Å². The Hall–Kier alpha value is -1.06. The predicted octanol–water partition coefficient (Wildman–Crippen LogP) is 10.7. The van der Waals surface area contributed by atoms with Gasteiger partial charge in [-0.3, -0.25) is 0 Å². The molecule has 0 saturated carbocycles. The fourth-order valence-corrected chi connectivity index (χ4v) is 5.34. The Morgan fingerprint density at radius 3 is 1.29 bits per heavy atom. The summed E-state index contributed by atoms with van der Waals surface area (Å²) in [6.07, 6.45) is 32.0. The van der Waals surface area contributed by atoms with E-state index in [1.54, 1.807) is 0 Å². The zero-order valence-electron chi connectivity index (χ0n) is 25.5. The number of benzene rings is 1. The third-order valence-corrected chi connectivity index (χ3v) is 7.97. The number of aryl methyl sites for hydroxylation is 1. The van der Waals surface area contributed by atoms with Crippen LogP contribution in [-0.4, -0.2) is 22.6 Å². The van der Waals surface area contributed by atoms with Gasteiger partial charge in [0.05, 0.1) is 0 Å². The molecule has 222 valence electrons. The molecule has 0 amide bonds. The van der Waals surface area contributed by atoms with Gasteiger partial charge >= 0.3 is 0 Å². The number of aliphatic hydroxyl groups excluding tert-OH is 1. The van der Waals surface area contributed by atoms with Gasteiger partial charge in [-0.15, -0.1) is 0 Å². The van der Waals surface area contributed by atoms with E-state index in [1.165, 1.54) is 140 Å². The summed E-state index contributed by atoms with van der Waals surface area (Å²) < 4.78 is 5.82. The molecule has 0 aliphatic heterocycles. The molecule has 1 aromatic rings. The summed E-state index contributed by atoms with van der Waals surface area (Å²) >= 11 is 0. The molecule has 0 aliphatic carbocycles. The second-order valence-corrected chi connectivity index (χ2v) is 11.8. The van der Waals surface area contributed by atoms with Crippen LogP contribution < -0.4 is 4.74 Å². The maximum absolute atomic E-state index is 10.7. The van der Waals surface area contributed by atoms with Crippen LogP contribution in [0.5, 0.6) is 5.75 Å². The van der Waals surface area contributed by atoms with E-state index in [9.17, 15) is 10.2 Å². The topological polar surface area (TPSA) is 49.7 Å². The smallest absolute Gasteiger partial charge is 0.231 e. The Kier molecular flexibility index (Phi) is 23.0. The monoisotopic (exact) mass is 532 g/mol. The Labute approximate surface area is 237 Å². The van der Waals surface area contributed by atoms with Crippen molar-refractivity contribution in [1.29, 1.82) is 0 Å². The first-order chi connectivity index (χ1) is 18.6. The number of hydrogen-bond donors (Lipinski definition) is 2. The summed E-state index contributed by atoms with van der Waals surface area (Å²) in [6.45, 7) is 4.17. The lowest BCUT2D eigenvalue weighted by Crippen LogP contribution is -2.39. The number of ether oxygens (including phenoxy) is 1. The van der Waals surface area contributed by atoms with E-state index in [2.05, 4.69) is 26.0 Å². The van der Waals surface area contributed by atoms with Crippen molar-refractivity contribution in [3.8, 4) is 5.75 Å². The average Bonchev–Trinajstić information content (AvgIpc) is 2.93. The SMILES string of the molecule is CCCCCCCCCCCCCCCCCCC(O)(CO)Oc1ccc(CCCCCCCCC)cc1. The molecule has 1 rings (SSSR count). The number of unbranched alkanes of at least 4 members (excludes halogenated alkanes) is 21. The maximum atomic E-state index is 10.7. The number of aliphatic hydroxyl groups is 2. The molecule has 0 heterocycles. The molecule has 1 unspecified atom stereocenters. The molecule has 38 heavy (non-hydrogen) atoms. The highest BCUT2D eigenvalue weighted by atomic mass is 16.6. The van der Waals surface area contributed by atoms with Crippen LogP contribution in [0.4, 0.5) is 0 Å². The lowest BCUT2D eigenvalue weighted by atomic mass is 10.0. The van der Waals surface area contributed by atoms with Gasteiger partial charge in [0.15, 0.2) is 0 Å². The summed E-state index contributed by atoms with van der Waals surface area (Å²) in [4.78, 5) is 0. The molecule has 0 saturated heterocycles. The zero-order chi connectivity index (χ0) is 27.6. The van der Waals surface area contributed by atoms with Gasteiger partial charge in [-0.05, 0) is 37.0 Å². The van der Waals surface area contributed by atoms with Gasteiger partial charge in [0.2, 0.25) is 5.79 Å². The van der Waals surface area contributed by atoms with E-state index in [0.717, 1.165) is 19.3 Å². The highest BCUT2D eigenvalue weighted by molar-refractivity contribution is 5.27. The molecular formula is C35H64O3. The van der Waals surface area contributed by atoms with Gasteiger partial charge in [-0.2, -0.15) is 0 Å². The molecule has 0 aromatic heterocycles. The maximum Gasteiger partial charge on any atom is 0.231 e. The fraction of sp³-hybridized carbons (Fsp3) is 0.829. The van der Waals surface area contributed by atoms with Crippen molar-refractivity contribution in [2.75, 3.05) is 6.61 Å². The van der Waals surface area contributed by atoms with E-state index in [-0.39, 0.29) is 6.61 Å². The fourth-order valence-electron chi connectivity index (χ4n) is 5.34. The van der Waals surface area contributed by atoms with E-state index in [1.807, 2.05) is 12.1 Å². The highest BCUT2D eigenvalue weighted by Crippen LogP contribution is 2.23. The van der Waals surface area contributed by atoms with Gasteiger partial charge in [-0.25, -0.2) is 0 Å². The highest BCUT2D eigenvalue weighted by Gasteiger charge is 2.27. The van der Waals surface area contributed by atoms with E-state index in [4.69, 9.17) is 4.74 Å². The summed E-state index contributed by atoms with van der Waals surface area (Å²) in [5.41, 5.74) is 1.32. The van der Waals surface area contributed by atoms with Crippen LogP contribution in [-0.2, 0) is 6.42 Å². The van der Waals surface area contributed by atoms with Crippen LogP contribution in [0.25, 0.3) is 0 Å². The Balaban J connectivity index is 2.04. The molecule has 0 radical (unpaired) electrons. The van der Waals surface area contributed by atoms with E-state index < -0.39 is 5.79 Å². The quantitative estimate of drug-likeness (QED) is 0.0833. The van der Waals surface area contributed by atoms with Crippen molar-refractivity contribution in [1.82, 2.24) is 0 Å². The summed E-state index contributed by atoms with van der Waals surface area (Å²) in [6, 6.07) is 8.06. The van der Waals surface area contributed by atoms with Gasteiger partial charge in [0.1, 0.15) is 12.4 Å². The molecule has 1 aromatic carbocycles. The molecule has 0 bridgehead atoms. The first-order valence-corrected chi connectivity index (χ1v) is 16.7. The van der Waals surface area contributed by atoms with Crippen LogP contribution in [0.15, 0.2) is 24.3 Å². The first kappa shape index (κ1) is 35.0. The lowest BCUT2D eigenvalue weighted by Gasteiger charge is -2.27. The Morgan fingerprint density at radius 1 is 0.526 bits per heavy atom. The molecule has 3 heteroatoms. The molecule has 0 spiro atoms. The molecule has 2 N–H and O–H groups in total. The minimum Gasteiger partial charge on any atom is -0.460 e. The summed E-state index contributed by atoms with van der Waals surface area (Å²) in [5, 5.41) is 20.5. The third kappa shape index (κ3) is 19.9. The van der Waals surface area contributed by atoms with Gasteiger partial charge in [-0.1, -0.05) is 161 Å². The van der Waals surface area contributed by atoms with E-state index >= 15 is 0 Å². The molecule has 1 atom stereocenters. The molecule has 3 nitrogen and oxygen atoms in total. The number of hydrogen-bond acceptors (Lipinski definition) is 3. The molecule has 0 fully saturated rings. The second kappa shape index (κ2) is 24.9. The van der Waals surface area contributed by atoms with Crippen LogP contribution >= 0.6 is 0 Å². The molecular weight excluding hydrogens is 468 g/mol. The minimum atomic E-state index is -1.48. The zero-order valence-corrected chi connectivity index (χ0v) is 25.5.